The predicted octanol–water partition coefficient (Wildman–Crippen LogP) is 2.49. The lowest BCUT2D eigenvalue weighted by Crippen LogP contribution is -2.46. The van der Waals surface area contributed by atoms with Gasteiger partial charge in [0.1, 0.15) is 0 Å². The average molecular weight is 379 g/mol. The highest BCUT2D eigenvalue weighted by atomic mass is 16.1. The van der Waals surface area contributed by atoms with Gasteiger partial charge in [-0.05, 0) is 30.5 Å². The molecular weight excluding hydrogens is 348 g/mol. The molecule has 2 heterocycles. The van der Waals surface area contributed by atoms with Gasteiger partial charge >= 0.3 is 0 Å². The van der Waals surface area contributed by atoms with E-state index in [1.807, 2.05) is 18.2 Å². The van der Waals surface area contributed by atoms with E-state index >= 15 is 0 Å². The van der Waals surface area contributed by atoms with Crippen molar-refractivity contribution in [3.8, 4) is 0 Å². The highest BCUT2D eigenvalue weighted by Gasteiger charge is 2.23. The molecule has 2 aliphatic rings. The minimum absolute atomic E-state index is 0.0654. The van der Waals surface area contributed by atoms with Crippen molar-refractivity contribution in [2.75, 3.05) is 44.2 Å². The number of hydrogen-bond acceptors (Lipinski definition) is 4. The molecule has 0 spiro atoms. The molecular formula is C23H30N4O. The van der Waals surface area contributed by atoms with E-state index in [1.54, 1.807) is 0 Å². The molecule has 0 unspecified atom stereocenters. The summed E-state index contributed by atoms with van der Waals surface area (Å²) in [6, 6.07) is 18.9. The van der Waals surface area contributed by atoms with Gasteiger partial charge in [-0.2, -0.15) is 0 Å². The Kier molecular flexibility index (Phi) is 6.24. The van der Waals surface area contributed by atoms with E-state index in [9.17, 15) is 4.79 Å². The molecule has 28 heavy (non-hydrogen) atoms. The van der Waals surface area contributed by atoms with Gasteiger partial charge in [0.25, 0.3) is 5.91 Å². The van der Waals surface area contributed by atoms with Crippen LogP contribution in [-0.4, -0.2) is 56.1 Å². The molecule has 0 radical (unpaired) electrons. The number of anilines is 1. The molecule has 2 saturated heterocycles. The first kappa shape index (κ1) is 19.0. The number of benzene rings is 2. The van der Waals surface area contributed by atoms with Crippen LogP contribution < -0.4 is 15.5 Å². The Bertz CT molecular complexity index is 765. The van der Waals surface area contributed by atoms with Gasteiger partial charge in [-0.1, -0.05) is 42.5 Å². The molecule has 148 valence electrons. The Hall–Kier alpha value is -2.37. The maximum atomic E-state index is 13.0. The van der Waals surface area contributed by atoms with Crippen molar-refractivity contribution in [2.24, 2.45) is 0 Å². The molecule has 0 saturated carbocycles. The van der Waals surface area contributed by atoms with Crippen LogP contribution in [-0.2, 0) is 6.54 Å². The van der Waals surface area contributed by atoms with Crippen LogP contribution >= 0.6 is 0 Å². The Morgan fingerprint density at radius 1 is 0.929 bits per heavy atom. The van der Waals surface area contributed by atoms with Crippen molar-refractivity contribution in [1.82, 2.24) is 15.5 Å². The molecule has 2 N–H and O–H groups in total. The summed E-state index contributed by atoms with van der Waals surface area (Å²) in [6.45, 7) is 6.88. The number of rotatable bonds is 5. The monoisotopic (exact) mass is 378 g/mol. The van der Waals surface area contributed by atoms with Crippen molar-refractivity contribution in [3.05, 3.63) is 65.7 Å². The molecule has 2 aliphatic heterocycles. The molecule has 1 amide bonds. The first-order valence-electron chi connectivity index (χ1n) is 10.4. The summed E-state index contributed by atoms with van der Waals surface area (Å²) >= 11 is 0. The fourth-order valence-electron chi connectivity index (χ4n) is 4.19. The fraction of sp³-hybridized carbons (Fsp3) is 0.435. The zero-order valence-electron chi connectivity index (χ0n) is 16.4. The Balaban J connectivity index is 1.32. The predicted molar refractivity (Wildman–Crippen MR) is 114 cm³/mol. The molecule has 0 atom stereocenters. The van der Waals surface area contributed by atoms with Crippen LogP contribution in [0.25, 0.3) is 0 Å². The van der Waals surface area contributed by atoms with Gasteiger partial charge in [-0.15, -0.1) is 0 Å². The zero-order chi connectivity index (χ0) is 19.2. The number of nitrogens with one attached hydrogen (secondary N) is 2. The Morgan fingerprint density at radius 3 is 2.36 bits per heavy atom. The summed E-state index contributed by atoms with van der Waals surface area (Å²) in [5.74, 6) is 0.0654. The maximum Gasteiger partial charge on any atom is 0.253 e. The van der Waals surface area contributed by atoms with E-state index in [1.165, 1.54) is 5.56 Å². The molecule has 5 nitrogen and oxygen atoms in total. The second-order valence-electron chi connectivity index (χ2n) is 7.76. The van der Waals surface area contributed by atoms with Gasteiger partial charge < -0.3 is 15.5 Å². The van der Waals surface area contributed by atoms with E-state index in [0.29, 0.717) is 0 Å². The molecule has 2 fully saturated rings. The van der Waals surface area contributed by atoms with E-state index < -0.39 is 0 Å². The second-order valence-corrected chi connectivity index (χ2v) is 7.76. The van der Waals surface area contributed by atoms with Gasteiger partial charge in [0.15, 0.2) is 0 Å². The van der Waals surface area contributed by atoms with Gasteiger partial charge in [-0.3, -0.25) is 9.69 Å². The van der Waals surface area contributed by atoms with Gasteiger partial charge in [0.2, 0.25) is 0 Å². The van der Waals surface area contributed by atoms with Gasteiger partial charge in [0.05, 0.1) is 5.56 Å². The number of amides is 1. The van der Waals surface area contributed by atoms with Crippen LogP contribution in [0.2, 0.25) is 0 Å². The standard InChI is InChI=1S/C23H30N4O/c28-23(21-8-4-5-9-22(21)27-16-12-24-13-17-27)25-20-10-14-26(15-11-20)18-19-6-2-1-3-7-19/h1-9,20,24H,10-18H2,(H,25,28). The van der Waals surface area contributed by atoms with Crippen molar-refractivity contribution in [2.45, 2.75) is 25.4 Å². The number of likely N-dealkylation sites (tertiary alicyclic amines) is 1. The molecule has 2 aromatic rings. The molecule has 4 rings (SSSR count). The molecule has 2 aromatic carbocycles. The number of para-hydroxylation sites is 1. The number of carbonyl (C=O) groups is 1. The van der Waals surface area contributed by atoms with Crippen molar-refractivity contribution < 1.29 is 4.79 Å². The third-order valence-corrected chi connectivity index (χ3v) is 5.78. The Morgan fingerprint density at radius 2 is 1.61 bits per heavy atom. The summed E-state index contributed by atoms with van der Waals surface area (Å²) in [6.07, 6.45) is 2.02. The first-order chi connectivity index (χ1) is 13.8. The first-order valence-corrected chi connectivity index (χ1v) is 10.4. The number of hydrogen-bond donors (Lipinski definition) is 2. The van der Waals surface area contributed by atoms with Crippen LogP contribution in [0.3, 0.4) is 0 Å². The third-order valence-electron chi connectivity index (χ3n) is 5.78. The summed E-state index contributed by atoms with van der Waals surface area (Å²) in [7, 11) is 0. The average Bonchev–Trinajstić information content (AvgIpc) is 2.76. The van der Waals surface area contributed by atoms with Crippen LogP contribution in [0, 0.1) is 0 Å². The number of piperazine rings is 1. The quantitative estimate of drug-likeness (QED) is 0.839. The molecule has 0 aliphatic carbocycles. The van der Waals surface area contributed by atoms with Crippen molar-refractivity contribution in [3.63, 3.8) is 0 Å². The summed E-state index contributed by atoms with van der Waals surface area (Å²) in [4.78, 5) is 17.8. The zero-order valence-corrected chi connectivity index (χ0v) is 16.4. The Labute approximate surface area is 167 Å². The summed E-state index contributed by atoms with van der Waals surface area (Å²) < 4.78 is 0. The topological polar surface area (TPSA) is 47.6 Å². The lowest BCUT2D eigenvalue weighted by molar-refractivity contribution is 0.0909. The van der Waals surface area contributed by atoms with Gasteiger partial charge in [-0.25, -0.2) is 0 Å². The van der Waals surface area contributed by atoms with E-state index in [2.05, 4.69) is 56.8 Å². The highest BCUT2D eigenvalue weighted by Crippen LogP contribution is 2.22. The van der Waals surface area contributed by atoms with Crippen LogP contribution in [0.1, 0.15) is 28.8 Å². The van der Waals surface area contributed by atoms with Crippen LogP contribution in [0.15, 0.2) is 54.6 Å². The molecule has 5 heteroatoms. The van der Waals surface area contributed by atoms with Crippen molar-refractivity contribution in [1.29, 1.82) is 0 Å². The van der Waals surface area contributed by atoms with E-state index in [-0.39, 0.29) is 11.9 Å². The minimum Gasteiger partial charge on any atom is -0.368 e. The summed E-state index contributed by atoms with van der Waals surface area (Å²) in [5.41, 5.74) is 3.22. The van der Waals surface area contributed by atoms with Crippen molar-refractivity contribution >= 4 is 11.6 Å². The van der Waals surface area contributed by atoms with Crippen LogP contribution in [0.5, 0.6) is 0 Å². The number of nitrogens with zero attached hydrogens (tertiary/aromatic N) is 2. The maximum absolute atomic E-state index is 13.0. The van der Waals surface area contributed by atoms with E-state index in [0.717, 1.165) is 69.9 Å². The highest BCUT2D eigenvalue weighted by molar-refractivity contribution is 6.00. The fourth-order valence-corrected chi connectivity index (χ4v) is 4.19. The third kappa shape index (κ3) is 4.72. The SMILES string of the molecule is O=C(NC1CCN(Cc2ccccc2)CC1)c1ccccc1N1CCNCC1. The normalized spacial score (nSPS) is 18.8. The number of carbonyl (C=O) groups excluding carboxylic acids is 1. The smallest absolute Gasteiger partial charge is 0.253 e. The van der Waals surface area contributed by atoms with Gasteiger partial charge in [0, 0.05) is 57.5 Å². The molecule has 0 bridgehead atoms. The summed E-state index contributed by atoms with van der Waals surface area (Å²) in [5, 5.41) is 6.66. The number of piperidine rings is 1. The minimum atomic E-state index is 0.0654. The lowest BCUT2D eigenvalue weighted by atomic mass is 10.0. The lowest BCUT2D eigenvalue weighted by Gasteiger charge is -2.33. The molecule has 0 aromatic heterocycles. The van der Waals surface area contributed by atoms with E-state index in [4.69, 9.17) is 0 Å². The largest absolute Gasteiger partial charge is 0.368 e. The second kappa shape index (κ2) is 9.22. The van der Waals surface area contributed by atoms with Crippen LogP contribution in [0.4, 0.5) is 5.69 Å².